The molecule has 1 aromatic heterocycles. The first kappa shape index (κ1) is 14.6. The molecule has 0 saturated heterocycles. The second-order valence-electron chi connectivity index (χ2n) is 5.92. The number of pyridine rings is 1. The van der Waals surface area contributed by atoms with Crippen LogP contribution in [0.15, 0.2) is 17.3 Å². The predicted molar refractivity (Wildman–Crippen MR) is 81.3 cm³/mol. The van der Waals surface area contributed by atoms with Crippen LogP contribution in [0.25, 0.3) is 0 Å². The lowest BCUT2D eigenvalue weighted by molar-refractivity contribution is 0.318. The summed E-state index contributed by atoms with van der Waals surface area (Å²) in [6.45, 7) is 7.37. The number of nitrogens with two attached hydrogens (primary N) is 1. The summed E-state index contributed by atoms with van der Waals surface area (Å²) >= 11 is 0. The predicted octanol–water partition coefficient (Wildman–Crippen LogP) is 2.50. The molecule has 0 radical (unpaired) electrons. The van der Waals surface area contributed by atoms with E-state index in [0.717, 1.165) is 24.5 Å². The number of aromatic nitrogens is 1. The first-order valence-electron chi connectivity index (χ1n) is 7.25. The van der Waals surface area contributed by atoms with Crippen LogP contribution in [0.5, 0.6) is 0 Å². The summed E-state index contributed by atoms with van der Waals surface area (Å²) in [5.74, 6) is 1.62. The number of hydrogen-bond acceptors (Lipinski definition) is 4. The zero-order chi connectivity index (χ0) is 14.7. The van der Waals surface area contributed by atoms with E-state index in [1.165, 1.54) is 12.8 Å². The lowest BCUT2D eigenvalue weighted by atomic mass is 10.1. The molecule has 0 spiro atoms. The maximum Gasteiger partial charge on any atom is 0.173 e. The summed E-state index contributed by atoms with van der Waals surface area (Å²) in [7, 11) is 0. The molecular formula is C15H24N4O. The van der Waals surface area contributed by atoms with Crippen molar-refractivity contribution in [3.05, 3.63) is 23.4 Å². The summed E-state index contributed by atoms with van der Waals surface area (Å²) < 4.78 is 0. The van der Waals surface area contributed by atoms with Gasteiger partial charge in [-0.1, -0.05) is 19.0 Å². The summed E-state index contributed by atoms with van der Waals surface area (Å²) in [5.41, 5.74) is 7.46. The SMILES string of the molecule is Cc1ccc(/C(N)=N/O)c(N(CCC(C)C)C2CC2)n1. The van der Waals surface area contributed by atoms with Crippen molar-refractivity contribution < 1.29 is 5.21 Å². The standard InChI is InChI=1S/C15H24N4O/c1-10(2)8-9-19(12-5-6-12)15-13(14(16)18-20)7-4-11(3)17-15/h4,7,10,12,20H,5-6,8-9H2,1-3H3,(H2,16,18). The molecule has 0 aliphatic heterocycles. The maximum absolute atomic E-state index is 8.95. The molecule has 5 nitrogen and oxygen atoms in total. The van der Waals surface area contributed by atoms with Crippen molar-refractivity contribution in [2.24, 2.45) is 16.8 Å². The Morgan fingerprint density at radius 1 is 1.50 bits per heavy atom. The number of rotatable bonds is 6. The molecule has 1 aliphatic rings. The number of oxime groups is 1. The van der Waals surface area contributed by atoms with Crippen LogP contribution in [0.2, 0.25) is 0 Å². The highest BCUT2D eigenvalue weighted by Crippen LogP contribution is 2.33. The van der Waals surface area contributed by atoms with Gasteiger partial charge in [-0.3, -0.25) is 0 Å². The average Bonchev–Trinajstić information content (AvgIpc) is 3.22. The van der Waals surface area contributed by atoms with E-state index < -0.39 is 0 Å². The number of hydrogen-bond donors (Lipinski definition) is 2. The number of amidine groups is 1. The van der Waals surface area contributed by atoms with Crippen LogP contribution in [-0.4, -0.2) is 28.6 Å². The Labute approximate surface area is 120 Å². The molecule has 0 aromatic carbocycles. The van der Waals surface area contributed by atoms with E-state index >= 15 is 0 Å². The number of aryl methyl sites for hydroxylation is 1. The monoisotopic (exact) mass is 276 g/mol. The second-order valence-corrected chi connectivity index (χ2v) is 5.92. The molecule has 1 saturated carbocycles. The van der Waals surface area contributed by atoms with Gasteiger partial charge in [0.15, 0.2) is 5.84 Å². The molecule has 3 N–H and O–H groups in total. The summed E-state index contributed by atoms with van der Waals surface area (Å²) in [6, 6.07) is 4.33. The first-order valence-corrected chi connectivity index (χ1v) is 7.25. The Hall–Kier alpha value is -1.78. The Morgan fingerprint density at radius 2 is 2.20 bits per heavy atom. The fourth-order valence-corrected chi connectivity index (χ4v) is 2.26. The highest BCUT2D eigenvalue weighted by molar-refractivity contribution is 6.01. The van der Waals surface area contributed by atoms with Gasteiger partial charge in [-0.2, -0.15) is 0 Å². The average molecular weight is 276 g/mol. The molecule has 1 fully saturated rings. The van der Waals surface area contributed by atoms with Crippen LogP contribution in [0.4, 0.5) is 5.82 Å². The Bertz CT molecular complexity index is 495. The Kier molecular flexibility index (Phi) is 4.47. The molecule has 0 bridgehead atoms. The molecule has 1 heterocycles. The van der Waals surface area contributed by atoms with Gasteiger partial charge in [0, 0.05) is 18.3 Å². The third-order valence-corrected chi connectivity index (χ3v) is 3.61. The van der Waals surface area contributed by atoms with Crippen molar-refractivity contribution in [3.63, 3.8) is 0 Å². The van der Waals surface area contributed by atoms with E-state index in [9.17, 15) is 0 Å². The van der Waals surface area contributed by atoms with Gasteiger partial charge in [-0.25, -0.2) is 4.98 Å². The minimum atomic E-state index is 0.127. The quantitative estimate of drug-likeness (QED) is 0.362. The molecule has 20 heavy (non-hydrogen) atoms. The van der Waals surface area contributed by atoms with Gasteiger partial charge in [-0.15, -0.1) is 0 Å². The van der Waals surface area contributed by atoms with Crippen LogP contribution in [-0.2, 0) is 0 Å². The van der Waals surface area contributed by atoms with Gasteiger partial charge in [0.05, 0.1) is 5.56 Å². The third-order valence-electron chi connectivity index (χ3n) is 3.61. The summed E-state index contributed by atoms with van der Waals surface area (Å²) in [4.78, 5) is 6.96. The van der Waals surface area contributed by atoms with Crippen molar-refractivity contribution in [1.29, 1.82) is 0 Å². The fourth-order valence-electron chi connectivity index (χ4n) is 2.26. The molecule has 5 heteroatoms. The van der Waals surface area contributed by atoms with Crippen LogP contribution in [0, 0.1) is 12.8 Å². The fraction of sp³-hybridized carbons (Fsp3) is 0.600. The zero-order valence-electron chi connectivity index (χ0n) is 12.5. The topological polar surface area (TPSA) is 74.7 Å². The molecule has 1 aromatic rings. The first-order chi connectivity index (χ1) is 9.52. The Balaban J connectivity index is 2.33. The van der Waals surface area contributed by atoms with Gasteiger partial charge in [-0.05, 0) is 44.2 Å². The molecule has 0 amide bonds. The van der Waals surface area contributed by atoms with Crippen LogP contribution in [0.3, 0.4) is 0 Å². The zero-order valence-corrected chi connectivity index (χ0v) is 12.5. The summed E-state index contributed by atoms with van der Waals surface area (Å²) in [5, 5.41) is 12.1. The van der Waals surface area contributed by atoms with Gasteiger partial charge in [0.25, 0.3) is 0 Å². The smallest absolute Gasteiger partial charge is 0.173 e. The van der Waals surface area contributed by atoms with Crippen LogP contribution < -0.4 is 10.6 Å². The van der Waals surface area contributed by atoms with Crippen molar-refractivity contribution in [2.45, 2.75) is 46.1 Å². The molecule has 0 unspecified atom stereocenters. The van der Waals surface area contributed by atoms with E-state index in [1.807, 2.05) is 19.1 Å². The Morgan fingerprint density at radius 3 is 2.75 bits per heavy atom. The van der Waals surface area contributed by atoms with Gasteiger partial charge in [0.2, 0.25) is 0 Å². The molecule has 1 aliphatic carbocycles. The van der Waals surface area contributed by atoms with Crippen molar-refractivity contribution in [2.75, 3.05) is 11.4 Å². The van der Waals surface area contributed by atoms with Crippen LogP contribution in [0.1, 0.15) is 44.4 Å². The highest BCUT2D eigenvalue weighted by atomic mass is 16.4. The van der Waals surface area contributed by atoms with E-state index in [0.29, 0.717) is 17.5 Å². The van der Waals surface area contributed by atoms with Gasteiger partial charge in [0.1, 0.15) is 5.82 Å². The minimum Gasteiger partial charge on any atom is -0.409 e. The third kappa shape index (κ3) is 3.40. The van der Waals surface area contributed by atoms with Crippen molar-refractivity contribution >= 4 is 11.7 Å². The van der Waals surface area contributed by atoms with E-state index in [1.54, 1.807) is 0 Å². The minimum absolute atomic E-state index is 0.127. The van der Waals surface area contributed by atoms with Gasteiger partial charge >= 0.3 is 0 Å². The molecule has 0 atom stereocenters. The normalized spacial score (nSPS) is 15.7. The lowest BCUT2D eigenvalue weighted by Crippen LogP contribution is -2.31. The van der Waals surface area contributed by atoms with Crippen molar-refractivity contribution in [1.82, 2.24) is 4.98 Å². The van der Waals surface area contributed by atoms with E-state index in [2.05, 4.69) is 28.9 Å². The van der Waals surface area contributed by atoms with E-state index in [-0.39, 0.29) is 5.84 Å². The molecule has 2 rings (SSSR count). The molecule has 110 valence electrons. The highest BCUT2D eigenvalue weighted by Gasteiger charge is 2.31. The summed E-state index contributed by atoms with van der Waals surface area (Å²) in [6.07, 6.45) is 3.51. The second kappa shape index (κ2) is 6.11. The maximum atomic E-state index is 8.95. The number of nitrogens with zero attached hydrogens (tertiary/aromatic N) is 3. The van der Waals surface area contributed by atoms with Gasteiger partial charge < -0.3 is 15.8 Å². The van der Waals surface area contributed by atoms with Crippen LogP contribution >= 0.6 is 0 Å². The van der Waals surface area contributed by atoms with Crippen molar-refractivity contribution in [3.8, 4) is 0 Å². The molecular weight excluding hydrogens is 252 g/mol. The lowest BCUT2D eigenvalue weighted by Gasteiger charge is -2.26. The largest absolute Gasteiger partial charge is 0.409 e. The van der Waals surface area contributed by atoms with E-state index in [4.69, 9.17) is 10.9 Å². The number of anilines is 1.